The summed E-state index contributed by atoms with van der Waals surface area (Å²) in [5.74, 6) is 0.624. The first kappa shape index (κ1) is 14.6. The Kier molecular flexibility index (Phi) is 5.45. The second-order valence-corrected chi connectivity index (χ2v) is 6.02. The van der Waals surface area contributed by atoms with E-state index in [1.807, 2.05) is 4.90 Å². The minimum Gasteiger partial charge on any atom is -0.378 e. The Labute approximate surface area is 116 Å². The van der Waals surface area contributed by atoms with Crippen LogP contribution in [0.25, 0.3) is 0 Å². The zero-order chi connectivity index (χ0) is 13.7. The molecule has 2 atom stereocenters. The van der Waals surface area contributed by atoms with Crippen molar-refractivity contribution < 1.29 is 9.53 Å². The molecule has 2 heterocycles. The summed E-state index contributed by atoms with van der Waals surface area (Å²) in [4.78, 5) is 16.2. The first-order chi connectivity index (χ1) is 9.15. The summed E-state index contributed by atoms with van der Waals surface area (Å²) in [6.45, 7) is 4.48. The largest absolute Gasteiger partial charge is 0.378 e. The van der Waals surface area contributed by atoms with E-state index >= 15 is 0 Å². The molecule has 0 aliphatic carbocycles. The predicted molar refractivity (Wildman–Crippen MR) is 75.2 cm³/mol. The van der Waals surface area contributed by atoms with Crippen LogP contribution in [-0.4, -0.2) is 68.8 Å². The number of nitrogens with one attached hydrogen (secondary N) is 1. The van der Waals surface area contributed by atoms with Gasteiger partial charge in [0.05, 0.1) is 6.10 Å². The van der Waals surface area contributed by atoms with Gasteiger partial charge in [0.25, 0.3) is 0 Å². The van der Waals surface area contributed by atoms with Crippen LogP contribution in [0.15, 0.2) is 0 Å². The maximum Gasteiger partial charge on any atom is 0.317 e. The van der Waals surface area contributed by atoms with E-state index in [9.17, 15) is 4.79 Å². The Bertz CT molecular complexity index is 290. The normalized spacial score (nSPS) is 27.2. The van der Waals surface area contributed by atoms with Crippen molar-refractivity contribution in [3.8, 4) is 0 Å². The van der Waals surface area contributed by atoms with Crippen LogP contribution in [0.4, 0.5) is 4.79 Å². The van der Waals surface area contributed by atoms with Crippen LogP contribution >= 0.6 is 0 Å². The Morgan fingerprint density at radius 3 is 2.95 bits per heavy atom. The zero-order valence-electron chi connectivity index (χ0n) is 12.2. The molecule has 0 aromatic carbocycles. The summed E-state index contributed by atoms with van der Waals surface area (Å²) in [5, 5.41) is 3.02. The molecule has 0 aromatic rings. The lowest BCUT2D eigenvalue weighted by Gasteiger charge is -2.19. The van der Waals surface area contributed by atoms with Gasteiger partial charge >= 0.3 is 6.03 Å². The quantitative estimate of drug-likeness (QED) is 0.814. The van der Waals surface area contributed by atoms with Crippen molar-refractivity contribution in [1.82, 2.24) is 15.1 Å². The number of amides is 2. The summed E-state index contributed by atoms with van der Waals surface area (Å²) in [6.07, 6.45) is 4.74. The molecule has 0 unspecified atom stereocenters. The number of carbonyl (C=O) groups is 1. The third kappa shape index (κ3) is 4.66. The molecule has 19 heavy (non-hydrogen) atoms. The maximum atomic E-state index is 12.0. The number of nitrogens with zero attached hydrogens (tertiary/aromatic N) is 2. The SMILES string of the molecule is CN(C)C[C@H]1CCN(C(=O)NCC[C@@H]2CCCO2)C1. The van der Waals surface area contributed by atoms with Crippen LogP contribution in [0.5, 0.6) is 0 Å². The molecule has 0 spiro atoms. The third-order valence-corrected chi connectivity index (χ3v) is 3.96. The third-order valence-electron chi connectivity index (χ3n) is 3.96. The summed E-state index contributed by atoms with van der Waals surface area (Å²) in [7, 11) is 4.18. The van der Waals surface area contributed by atoms with E-state index in [1.54, 1.807) is 0 Å². The van der Waals surface area contributed by atoms with E-state index in [2.05, 4.69) is 24.3 Å². The van der Waals surface area contributed by atoms with Gasteiger partial charge in [-0.15, -0.1) is 0 Å². The smallest absolute Gasteiger partial charge is 0.317 e. The van der Waals surface area contributed by atoms with Crippen molar-refractivity contribution in [3.63, 3.8) is 0 Å². The van der Waals surface area contributed by atoms with Gasteiger partial charge < -0.3 is 19.9 Å². The summed E-state index contributed by atoms with van der Waals surface area (Å²) < 4.78 is 5.55. The van der Waals surface area contributed by atoms with Gasteiger partial charge in [-0.2, -0.15) is 0 Å². The number of rotatable bonds is 5. The van der Waals surface area contributed by atoms with Gasteiger partial charge in [0.15, 0.2) is 0 Å². The van der Waals surface area contributed by atoms with Crippen LogP contribution in [0, 0.1) is 5.92 Å². The van der Waals surface area contributed by atoms with E-state index < -0.39 is 0 Å². The number of likely N-dealkylation sites (tertiary alicyclic amines) is 1. The monoisotopic (exact) mass is 269 g/mol. The highest BCUT2D eigenvalue weighted by Gasteiger charge is 2.26. The van der Waals surface area contributed by atoms with Gasteiger partial charge in [-0.05, 0) is 45.7 Å². The lowest BCUT2D eigenvalue weighted by Crippen LogP contribution is -2.40. The highest BCUT2D eigenvalue weighted by atomic mass is 16.5. The number of hydrogen-bond acceptors (Lipinski definition) is 3. The second-order valence-electron chi connectivity index (χ2n) is 6.02. The Hall–Kier alpha value is -0.810. The number of carbonyl (C=O) groups excluding carboxylic acids is 1. The number of hydrogen-bond donors (Lipinski definition) is 1. The van der Waals surface area contributed by atoms with Gasteiger partial charge in [-0.1, -0.05) is 0 Å². The topological polar surface area (TPSA) is 44.8 Å². The van der Waals surface area contributed by atoms with Crippen molar-refractivity contribution in [2.45, 2.75) is 31.8 Å². The Morgan fingerprint density at radius 2 is 2.26 bits per heavy atom. The fraction of sp³-hybridized carbons (Fsp3) is 0.929. The first-order valence-corrected chi connectivity index (χ1v) is 7.44. The lowest BCUT2D eigenvalue weighted by molar-refractivity contribution is 0.104. The average molecular weight is 269 g/mol. The molecule has 2 saturated heterocycles. The molecule has 1 N–H and O–H groups in total. The molecule has 2 aliphatic heterocycles. The molecule has 0 saturated carbocycles. The van der Waals surface area contributed by atoms with E-state index in [0.717, 1.165) is 58.5 Å². The molecule has 0 aromatic heterocycles. The van der Waals surface area contributed by atoms with E-state index in [4.69, 9.17) is 4.74 Å². The van der Waals surface area contributed by atoms with E-state index in [-0.39, 0.29) is 6.03 Å². The van der Waals surface area contributed by atoms with Gasteiger partial charge in [-0.25, -0.2) is 4.79 Å². The van der Waals surface area contributed by atoms with Crippen molar-refractivity contribution in [3.05, 3.63) is 0 Å². The fourth-order valence-electron chi connectivity index (χ4n) is 3.01. The summed E-state index contributed by atoms with van der Waals surface area (Å²) in [5.41, 5.74) is 0. The van der Waals surface area contributed by atoms with Gasteiger partial charge in [0.1, 0.15) is 0 Å². The highest BCUT2D eigenvalue weighted by molar-refractivity contribution is 5.74. The van der Waals surface area contributed by atoms with Gasteiger partial charge in [-0.3, -0.25) is 0 Å². The molecule has 0 radical (unpaired) electrons. The Balaban J connectivity index is 1.61. The fourth-order valence-corrected chi connectivity index (χ4v) is 3.01. The molecule has 5 heteroatoms. The molecule has 2 amide bonds. The molecule has 110 valence electrons. The maximum absolute atomic E-state index is 12.0. The lowest BCUT2D eigenvalue weighted by atomic mass is 10.1. The second kappa shape index (κ2) is 7.10. The molecular formula is C14H27N3O2. The molecule has 2 rings (SSSR count). The van der Waals surface area contributed by atoms with Crippen molar-refractivity contribution in [2.24, 2.45) is 5.92 Å². The molecule has 2 aliphatic rings. The standard InChI is InChI=1S/C14H27N3O2/c1-16(2)10-12-6-8-17(11-12)14(18)15-7-5-13-4-3-9-19-13/h12-13H,3-11H2,1-2H3,(H,15,18)/t12-,13+/m1/s1. The van der Waals surface area contributed by atoms with Gasteiger partial charge in [0, 0.05) is 32.8 Å². The number of ether oxygens (including phenoxy) is 1. The average Bonchev–Trinajstić information content (AvgIpc) is 2.99. The van der Waals surface area contributed by atoms with Crippen LogP contribution in [0.3, 0.4) is 0 Å². The highest BCUT2D eigenvalue weighted by Crippen LogP contribution is 2.17. The minimum absolute atomic E-state index is 0.0965. The van der Waals surface area contributed by atoms with Crippen LogP contribution in [-0.2, 0) is 4.74 Å². The van der Waals surface area contributed by atoms with Crippen molar-refractivity contribution in [2.75, 3.05) is 46.9 Å². The van der Waals surface area contributed by atoms with Gasteiger partial charge in [0.2, 0.25) is 0 Å². The molecule has 2 fully saturated rings. The van der Waals surface area contributed by atoms with E-state index in [0.29, 0.717) is 12.0 Å². The van der Waals surface area contributed by atoms with Crippen molar-refractivity contribution in [1.29, 1.82) is 0 Å². The number of urea groups is 1. The predicted octanol–water partition coefficient (Wildman–Crippen LogP) is 1.15. The zero-order valence-corrected chi connectivity index (χ0v) is 12.2. The Morgan fingerprint density at radius 1 is 1.42 bits per heavy atom. The molecule has 0 bridgehead atoms. The summed E-state index contributed by atoms with van der Waals surface area (Å²) in [6, 6.07) is 0.0965. The van der Waals surface area contributed by atoms with Crippen molar-refractivity contribution >= 4 is 6.03 Å². The minimum atomic E-state index is 0.0965. The molecular weight excluding hydrogens is 242 g/mol. The van der Waals surface area contributed by atoms with E-state index in [1.165, 1.54) is 0 Å². The van der Waals surface area contributed by atoms with Crippen LogP contribution in [0.2, 0.25) is 0 Å². The van der Waals surface area contributed by atoms with Crippen LogP contribution in [0.1, 0.15) is 25.7 Å². The molecule has 5 nitrogen and oxygen atoms in total. The first-order valence-electron chi connectivity index (χ1n) is 7.44. The summed E-state index contributed by atoms with van der Waals surface area (Å²) >= 11 is 0. The van der Waals surface area contributed by atoms with Crippen LogP contribution < -0.4 is 5.32 Å².